The van der Waals surface area contributed by atoms with Gasteiger partial charge in [0.15, 0.2) is 6.79 Å². The van der Waals surface area contributed by atoms with Crippen molar-refractivity contribution in [2.45, 2.75) is 13.2 Å². The Labute approximate surface area is 142 Å². The second-order valence-corrected chi connectivity index (χ2v) is 5.96. The molecule has 0 saturated heterocycles. The van der Waals surface area contributed by atoms with Gasteiger partial charge in [0, 0.05) is 22.1 Å². The van der Waals surface area contributed by atoms with Gasteiger partial charge in [-0.15, -0.1) is 0 Å². The first-order chi connectivity index (χ1) is 11.2. The van der Waals surface area contributed by atoms with E-state index < -0.39 is 0 Å². The van der Waals surface area contributed by atoms with Crippen molar-refractivity contribution in [3.63, 3.8) is 0 Å². The standard InChI is InChI=1S/C17H16BrNO4/c1-21-15-5-3-2-4-14(15)17(20)19-8-11-6-13(18)7-12-9-22-10-23-16(11)12/h2-7H,8-10H2,1H3,(H,19,20). The quantitative estimate of drug-likeness (QED) is 0.888. The normalized spacial score (nSPS) is 13.0. The zero-order valence-corrected chi connectivity index (χ0v) is 14.2. The second-order valence-electron chi connectivity index (χ2n) is 5.05. The Hall–Kier alpha value is -2.05. The van der Waals surface area contributed by atoms with E-state index in [0.29, 0.717) is 24.5 Å². The number of carbonyl (C=O) groups is 1. The minimum Gasteiger partial charge on any atom is -0.496 e. The SMILES string of the molecule is COc1ccccc1C(=O)NCc1cc(Br)cc2c1OCOC2. The molecule has 0 saturated carbocycles. The number of methoxy groups -OCH3 is 1. The highest BCUT2D eigenvalue weighted by Gasteiger charge is 2.18. The first-order valence-corrected chi connectivity index (χ1v) is 7.91. The summed E-state index contributed by atoms with van der Waals surface area (Å²) in [7, 11) is 1.55. The molecule has 0 fully saturated rings. The molecule has 0 atom stereocenters. The van der Waals surface area contributed by atoms with Crippen LogP contribution in [0, 0.1) is 0 Å². The minimum atomic E-state index is -0.191. The molecule has 0 bridgehead atoms. The van der Waals surface area contributed by atoms with Crippen LogP contribution in [0.4, 0.5) is 0 Å². The zero-order chi connectivity index (χ0) is 16.2. The predicted molar refractivity (Wildman–Crippen MR) is 88.6 cm³/mol. The van der Waals surface area contributed by atoms with Gasteiger partial charge in [0.25, 0.3) is 5.91 Å². The maximum Gasteiger partial charge on any atom is 0.255 e. The second kappa shape index (κ2) is 7.02. The summed E-state index contributed by atoms with van der Waals surface area (Å²) in [6, 6.07) is 11.0. The van der Waals surface area contributed by atoms with Crippen molar-refractivity contribution >= 4 is 21.8 Å². The molecule has 1 amide bonds. The molecule has 120 valence electrons. The minimum absolute atomic E-state index is 0.191. The van der Waals surface area contributed by atoms with Crippen LogP contribution in [0.2, 0.25) is 0 Å². The molecule has 1 aliphatic heterocycles. The van der Waals surface area contributed by atoms with Crippen molar-refractivity contribution in [3.05, 3.63) is 57.6 Å². The van der Waals surface area contributed by atoms with Crippen molar-refractivity contribution in [2.75, 3.05) is 13.9 Å². The number of amides is 1. The van der Waals surface area contributed by atoms with Crippen LogP contribution in [-0.2, 0) is 17.9 Å². The summed E-state index contributed by atoms with van der Waals surface area (Å²) in [6.45, 7) is 1.09. The monoisotopic (exact) mass is 377 g/mol. The number of halogens is 1. The fourth-order valence-corrected chi connectivity index (χ4v) is 3.04. The van der Waals surface area contributed by atoms with Crippen LogP contribution in [0.5, 0.6) is 11.5 Å². The molecule has 0 spiro atoms. The fraction of sp³-hybridized carbons (Fsp3) is 0.235. The van der Waals surface area contributed by atoms with Crippen LogP contribution in [0.25, 0.3) is 0 Å². The molecule has 1 N–H and O–H groups in total. The third-order valence-electron chi connectivity index (χ3n) is 3.54. The molecule has 6 heteroatoms. The maximum absolute atomic E-state index is 12.4. The van der Waals surface area contributed by atoms with Gasteiger partial charge < -0.3 is 19.5 Å². The number of hydrogen-bond donors (Lipinski definition) is 1. The van der Waals surface area contributed by atoms with Crippen molar-refractivity contribution < 1.29 is 19.0 Å². The van der Waals surface area contributed by atoms with Crippen LogP contribution in [0.3, 0.4) is 0 Å². The van der Waals surface area contributed by atoms with Crippen LogP contribution in [0.15, 0.2) is 40.9 Å². The lowest BCUT2D eigenvalue weighted by molar-refractivity contribution is -0.0171. The van der Waals surface area contributed by atoms with E-state index in [1.54, 1.807) is 25.3 Å². The first kappa shape index (κ1) is 15.8. The third kappa shape index (κ3) is 3.48. The van der Waals surface area contributed by atoms with E-state index >= 15 is 0 Å². The Balaban J connectivity index is 1.78. The summed E-state index contributed by atoms with van der Waals surface area (Å²) in [5.41, 5.74) is 2.37. The third-order valence-corrected chi connectivity index (χ3v) is 4.00. The highest BCUT2D eigenvalue weighted by Crippen LogP contribution is 2.31. The molecule has 0 unspecified atom stereocenters. The molecular weight excluding hydrogens is 362 g/mol. The zero-order valence-electron chi connectivity index (χ0n) is 12.6. The summed E-state index contributed by atoms with van der Waals surface area (Å²) < 4.78 is 17.0. The first-order valence-electron chi connectivity index (χ1n) is 7.12. The van der Waals surface area contributed by atoms with Crippen LogP contribution >= 0.6 is 15.9 Å². The number of rotatable bonds is 4. The summed E-state index contributed by atoms with van der Waals surface area (Å²) in [5.74, 6) is 1.13. The molecule has 1 aliphatic rings. The molecule has 0 aliphatic carbocycles. The van der Waals surface area contributed by atoms with Crippen molar-refractivity contribution in [3.8, 4) is 11.5 Å². The molecule has 1 heterocycles. The Morgan fingerprint density at radius 3 is 3.00 bits per heavy atom. The number of ether oxygens (including phenoxy) is 3. The number of nitrogens with one attached hydrogen (secondary N) is 1. The average molecular weight is 378 g/mol. The van der Waals surface area contributed by atoms with Gasteiger partial charge in [0.05, 0.1) is 19.3 Å². The van der Waals surface area contributed by atoms with E-state index in [1.165, 1.54) is 0 Å². The van der Waals surface area contributed by atoms with Gasteiger partial charge in [-0.3, -0.25) is 4.79 Å². The Morgan fingerprint density at radius 2 is 2.17 bits per heavy atom. The molecule has 5 nitrogen and oxygen atoms in total. The number of fused-ring (bicyclic) bond motifs is 1. The van der Waals surface area contributed by atoms with Gasteiger partial charge in [0.1, 0.15) is 11.5 Å². The number of hydrogen-bond acceptors (Lipinski definition) is 4. The average Bonchev–Trinajstić information content (AvgIpc) is 2.59. The van der Waals surface area contributed by atoms with Gasteiger partial charge in [0.2, 0.25) is 0 Å². The lowest BCUT2D eigenvalue weighted by Gasteiger charge is -2.21. The summed E-state index contributed by atoms with van der Waals surface area (Å²) >= 11 is 3.47. The number of benzene rings is 2. The van der Waals surface area contributed by atoms with E-state index in [1.807, 2.05) is 18.2 Å². The lowest BCUT2D eigenvalue weighted by atomic mass is 10.1. The van der Waals surface area contributed by atoms with Gasteiger partial charge in [-0.05, 0) is 24.3 Å². The maximum atomic E-state index is 12.4. The Bertz CT molecular complexity index is 733. The van der Waals surface area contributed by atoms with Crippen molar-refractivity contribution in [2.24, 2.45) is 0 Å². The van der Waals surface area contributed by atoms with Crippen LogP contribution < -0.4 is 14.8 Å². The highest BCUT2D eigenvalue weighted by atomic mass is 79.9. The molecule has 0 radical (unpaired) electrons. The van der Waals surface area contributed by atoms with E-state index in [-0.39, 0.29) is 12.7 Å². The summed E-state index contributed by atoms with van der Waals surface area (Å²) in [6.07, 6.45) is 0. The largest absolute Gasteiger partial charge is 0.496 e. The van der Waals surface area contributed by atoms with Crippen molar-refractivity contribution in [1.82, 2.24) is 5.32 Å². The van der Waals surface area contributed by atoms with Crippen LogP contribution in [0.1, 0.15) is 21.5 Å². The van der Waals surface area contributed by atoms with Gasteiger partial charge >= 0.3 is 0 Å². The van der Waals surface area contributed by atoms with E-state index in [9.17, 15) is 4.79 Å². The molecule has 2 aromatic carbocycles. The number of carbonyl (C=O) groups excluding carboxylic acids is 1. The Kier molecular flexibility index (Phi) is 4.83. The summed E-state index contributed by atoms with van der Waals surface area (Å²) in [5, 5.41) is 2.91. The summed E-state index contributed by atoms with van der Waals surface area (Å²) in [4.78, 5) is 12.4. The van der Waals surface area contributed by atoms with E-state index in [4.69, 9.17) is 14.2 Å². The van der Waals surface area contributed by atoms with Gasteiger partial charge in [-0.2, -0.15) is 0 Å². The molecule has 2 aromatic rings. The van der Waals surface area contributed by atoms with E-state index in [0.717, 1.165) is 21.3 Å². The molecular formula is C17H16BrNO4. The van der Waals surface area contributed by atoms with Gasteiger partial charge in [-0.25, -0.2) is 0 Å². The van der Waals surface area contributed by atoms with Crippen molar-refractivity contribution in [1.29, 1.82) is 0 Å². The molecule has 3 rings (SSSR count). The molecule has 23 heavy (non-hydrogen) atoms. The lowest BCUT2D eigenvalue weighted by Crippen LogP contribution is -2.24. The van der Waals surface area contributed by atoms with Crippen LogP contribution in [-0.4, -0.2) is 19.8 Å². The molecule has 0 aromatic heterocycles. The fourth-order valence-electron chi connectivity index (χ4n) is 2.49. The smallest absolute Gasteiger partial charge is 0.255 e. The van der Waals surface area contributed by atoms with Gasteiger partial charge in [-0.1, -0.05) is 28.1 Å². The number of para-hydroxylation sites is 1. The Morgan fingerprint density at radius 1 is 1.35 bits per heavy atom. The van der Waals surface area contributed by atoms with E-state index in [2.05, 4.69) is 21.2 Å². The highest BCUT2D eigenvalue weighted by molar-refractivity contribution is 9.10. The topological polar surface area (TPSA) is 56.8 Å². The predicted octanol–water partition coefficient (Wildman–Crippen LogP) is 3.25.